The van der Waals surface area contributed by atoms with Crippen molar-refractivity contribution in [3.05, 3.63) is 59.4 Å². The van der Waals surface area contributed by atoms with Gasteiger partial charge in [0, 0.05) is 24.5 Å². The zero-order valence-corrected chi connectivity index (χ0v) is 18.5. The van der Waals surface area contributed by atoms with Crippen molar-refractivity contribution < 1.29 is 13.2 Å². The molecule has 0 spiro atoms. The maximum Gasteiger partial charge on any atom is 0.243 e. The summed E-state index contributed by atoms with van der Waals surface area (Å²) in [6, 6.07) is 12.8. The van der Waals surface area contributed by atoms with Crippen LogP contribution in [0, 0.1) is 13.8 Å². The van der Waals surface area contributed by atoms with Crippen LogP contribution < -0.4 is 0 Å². The Morgan fingerprint density at radius 2 is 1.87 bits per heavy atom. The van der Waals surface area contributed by atoms with Crippen molar-refractivity contribution in [3.8, 4) is 5.82 Å². The maximum absolute atomic E-state index is 12.8. The van der Waals surface area contributed by atoms with Gasteiger partial charge < -0.3 is 4.74 Å². The number of nitrogens with zero attached hydrogens (tertiary/aromatic N) is 5. The van der Waals surface area contributed by atoms with E-state index in [1.807, 2.05) is 38.1 Å². The van der Waals surface area contributed by atoms with Crippen LogP contribution in [0.5, 0.6) is 0 Å². The molecule has 1 aliphatic rings. The van der Waals surface area contributed by atoms with Crippen LogP contribution in [0.3, 0.4) is 0 Å². The number of sulfonamides is 1. The first-order valence-corrected chi connectivity index (χ1v) is 12.0. The van der Waals surface area contributed by atoms with Gasteiger partial charge in [-0.15, -0.1) is 10.2 Å². The molecule has 0 saturated carbocycles. The number of benzene rings is 1. The molecule has 0 amide bonds. The zero-order valence-electron chi connectivity index (χ0n) is 16.9. The van der Waals surface area contributed by atoms with Gasteiger partial charge in [0.05, 0.1) is 23.8 Å². The fourth-order valence-corrected chi connectivity index (χ4v) is 5.49. The van der Waals surface area contributed by atoms with Crippen LogP contribution >= 0.6 is 11.8 Å². The summed E-state index contributed by atoms with van der Waals surface area (Å²) in [5, 5.41) is 13.7. The molecule has 1 saturated heterocycles. The molecule has 30 heavy (non-hydrogen) atoms. The lowest BCUT2D eigenvalue weighted by molar-refractivity contribution is 0.0730. The van der Waals surface area contributed by atoms with Gasteiger partial charge in [-0.3, -0.25) is 0 Å². The third-order valence-corrected chi connectivity index (χ3v) is 7.63. The standard InChI is InChI=1S/C20H23N5O3S2/c1-15-12-16(2)25(23-15)19-6-7-20(22-21-19)29-14-17-4-3-5-18(13-17)30(26,27)24-8-10-28-11-9-24/h3-7,12-13H,8-11,14H2,1-2H3. The van der Waals surface area contributed by atoms with Crippen molar-refractivity contribution in [2.45, 2.75) is 29.5 Å². The molecule has 1 aromatic carbocycles. The first-order chi connectivity index (χ1) is 14.4. The largest absolute Gasteiger partial charge is 0.379 e. The number of aryl methyl sites for hydroxylation is 2. The number of hydrogen-bond acceptors (Lipinski definition) is 7. The molecule has 1 fully saturated rings. The van der Waals surface area contributed by atoms with Gasteiger partial charge in [0.15, 0.2) is 5.82 Å². The van der Waals surface area contributed by atoms with Crippen molar-refractivity contribution in [2.75, 3.05) is 26.3 Å². The van der Waals surface area contributed by atoms with Crippen LogP contribution in [0.4, 0.5) is 0 Å². The van der Waals surface area contributed by atoms with Crippen molar-refractivity contribution in [2.24, 2.45) is 0 Å². The Hall–Kier alpha value is -2.27. The lowest BCUT2D eigenvalue weighted by Gasteiger charge is -2.26. The van der Waals surface area contributed by atoms with Crippen molar-refractivity contribution in [3.63, 3.8) is 0 Å². The van der Waals surface area contributed by atoms with E-state index in [-0.39, 0.29) is 0 Å². The fraction of sp³-hybridized carbons (Fsp3) is 0.350. The molecule has 8 nitrogen and oxygen atoms in total. The van der Waals surface area contributed by atoms with Crippen LogP contribution in [-0.2, 0) is 20.5 Å². The number of rotatable bonds is 6. The van der Waals surface area contributed by atoms with E-state index in [1.165, 1.54) is 16.1 Å². The Balaban J connectivity index is 1.44. The molecule has 0 N–H and O–H groups in total. The SMILES string of the molecule is Cc1cc(C)n(-c2ccc(SCc3cccc(S(=O)(=O)N4CCOCC4)c3)nn2)n1. The van der Waals surface area contributed by atoms with E-state index in [0.29, 0.717) is 42.8 Å². The van der Waals surface area contributed by atoms with E-state index in [0.717, 1.165) is 22.0 Å². The highest BCUT2D eigenvalue weighted by Gasteiger charge is 2.26. The van der Waals surface area contributed by atoms with E-state index in [9.17, 15) is 8.42 Å². The van der Waals surface area contributed by atoms with E-state index in [1.54, 1.807) is 22.9 Å². The maximum atomic E-state index is 12.8. The van der Waals surface area contributed by atoms with Crippen LogP contribution in [0.1, 0.15) is 17.0 Å². The van der Waals surface area contributed by atoms with Gasteiger partial charge in [-0.2, -0.15) is 9.40 Å². The topological polar surface area (TPSA) is 90.2 Å². The van der Waals surface area contributed by atoms with E-state index in [2.05, 4.69) is 15.3 Å². The third kappa shape index (κ3) is 4.56. The molecule has 4 rings (SSSR count). The lowest BCUT2D eigenvalue weighted by atomic mass is 10.2. The van der Waals surface area contributed by atoms with Crippen LogP contribution in [0.2, 0.25) is 0 Å². The van der Waals surface area contributed by atoms with Gasteiger partial charge in [0.2, 0.25) is 10.0 Å². The fourth-order valence-electron chi connectivity index (χ4n) is 3.25. The van der Waals surface area contributed by atoms with Crippen molar-refractivity contribution >= 4 is 21.8 Å². The Morgan fingerprint density at radius 1 is 1.07 bits per heavy atom. The quantitative estimate of drug-likeness (QED) is 0.539. The summed E-state index contributed by atoms with van der Waals surface area (Å²) in [5.41, 5.74) is 2.85. The highest BCUT2D eigenvalue weighted by Crippen LogP contribution is 2.24. The molecule has 0 unspecified atom stereocenters. The Labute approximate surface area is 180 Å². The minimum Gasteiger partial charge on any atom is -0.379 e. The molecule has 1 aliphatic heterocycles. The second-order valence-electron chi connectivity index (χ2n) is 7.02. The number of morpholine rings is 1. The normalized spacial score (nSPS) is 15.4. The summed E-state index contributed by atoms with van der Waals surface area (Å²) < 4.78 is 34.2. The van der Waals surface area contributed by atoms with Gasteiger partial charge in [-0.25, -0.2) is 13.1 Å². The molecule has 10 heteroatoms. The van der Waals surface area contributed by atoms with E-state index in [4.69, 9.17) is 4.74 Å². The van der Waals surface area contributed by atoms with Crippen molar-refractivity contribution in [1.29, 1.82) is 0 Å². The Bertz CT molecular complexity index is 1120. The van der Waals surface area contributed by atoms with Gasteiger partial charge in [-0.1, -0.05) is 23.9 Å². The summed E-state index contributed by atoms with van der Waals surface area (Å²) in [6.07, 6.45) is 0. The second kappa shape index (κ2) is 8.84. The second-order valence-corrected chi connectivity index (χ2v) is 9.95. The molecule has 0 aliphatic carbocycles. The minimum absolute atomic E-state index is 0.313. The number of hydrogen-bond donors (Lipinski definition) is 0. The van der Waals surface area contributed by atoms with Crippen LogP contribution in [-0.4, -0.2) is 59.0 Å². The molecule has 3 heterocycles. The third-order valence-electron chi connectivity index (χ3n) is 4.75. The average Bonchev–Trinajstić information content (AvgIpc) is 3.11. The van der Waals surface area contributed by atoms with Crippen LogP contribution in [0.25, 0.3) is 5.82 Å². The lowest BCUT2D eigenvalue weighted by Crippen LogP contribution is -2.40. The zero-order chi connectivity index (χ0) is 21.1. The Kier molecular flexibility index (Phi) is 6.19. The predicted molar refractivity (Wildman–Crippen MR) is 114 cm³/mol. The Morgan fingerprint density at radius 3 is 2.53 bits per heavy atom. The average molecular weight is 446 g/mol. The van der Waals surface area contributed by atoms with Gasteiger partial charge in [0.25, 0.3) is 0 Å². The highest BCUT2D eigenvalue weighted by atomic mass is 32.2. The van der Waals surface area contributed by atoms with Crippen molar-refractivity contribution in [1.82, 2.24) is 24.3 Å². The number of ether oxygens (including phenoxy) is 1. The van der Waals surface area contributed by atoms with Gasteiger partial charge in [-0.05, 0) is 49.7 Å². The van der Waals surface area contributed by atoms with E-state index >= 15 is 0 Å². The summed E-state index contributed by atoms with van der Waals surface area (Å²) in [6.45, 7) is 5.55. The monoisotopic (exact) mass is 445 g/mol. The number of aromatic nitrogens is 4. The smallest absolute Gasteiger partial charge is 0.243 e. The van der Waals surface area contributed by atoms with Crippen LogP contribution in [0.15, 0.2) is 52.4 Å². The molecule has 3 aromatic rings. The predicted octanol–water partition coefficient (Wildman–Crippen LogP) is 2.59. The summed E-state index contributed by atoms with van der Waals surface area (Å²) in [7, 11) is -3.50. The molecular formula is C20H23N5O3S2. The summed E-state index contributed by atoms with van der Waals surface area (Å²) in [4.78, 5) is 0.313. The van der Waals surface area contributed by atoms with Gasteiger partial charge in [0.1, 0.15) is 5.03 Å². The first kappa shape index (κ1) is 21.0. The summed E-state index contributed by atoms with van der Waals surface area (Å²) in [5.74, 6) is 1.27. The van der Waals surface area contributed by atoms with E-state index < -0.39 is 10.0 Å². The first-order valence-electron chi connectivity index (χ1n) is 9.60. The molecular weight excluding hydrogens is 422 g/mol. The molecule has 158 valence electrons. The molecule has 0 bridgehead atoms. The summed E-state index contributed by atoms with van der Waals surface area (Å²) >= 11 is 1.51. The molecule has 2 aromatic heterocycles. The minimum atomic E-state index is -3.50. The highest BCUT2D eigenvalue weighted by molar-refractivity contribution is 7.98. The van der Waals surface area contributed by atoms with Gasteiger partial charge >= 0.3 is 0 Å². The number of thioether (sulfide) groups is 1. The molecule has 0 radical (unpaired) electrons. The molecule has 0 atom stereocenters.